The zero-order chi connectivity index (χ0) is 21.9. The summed E-state index contributed by atoms with van der Waals surface area (Å²) < 4.78 is 0. The fourth-order valence-corrected chi connectivity index (χ4v) is 5.34. The molecule has 1 amide bonds. The molecule has 0 aromatic heterocycles. The number of rotatable bonds is 7. The van der Waals surface area contributed by atoms with E-state index in [1.54, 1.807) is 0 Å². The van der Waals surface area contributed by atoms with Crippen molar-refractivity contribution in [2.75, 3.05) is 27.2 Å². The van der Waals surface area contributed by atoms with Crippen LogP contribution in [0.4, 0.5) is 0 Å². The Hall–Kier alpha value is -2.17. The summed E-state index contributed by atoms with van der Waals surface area (Å²) in [5, 5.41) is 0. The quantitative estimate of drug-likeness (QED) is 0.758. The van der Waals surface area contributed by atoms with Gasteiger partial charge in [-0.25, -0.2) is 0 Å². The summed E-state index contributed by atoms with van der Waals surface area (Å²) in [7, 11) is 4.48. The van der Waals surface area contributed by atoms with E-state index in [4.69, 9.17) is 5.73 Å². The number of aryl methyl sites for hydroxylation is 1. The van der Waals surface area contributed by atoms with Gasteiger partial charge in [-0.1, -0.05) is 50.2 Å². The van der Waals surface area contributed by atoms with E-state index in [0.717, 1.165) is 32.4 Å². The minimum Gasteiger partial charge on any atom is -0.366 e. The van der Waals surface area contributed by atoms with E-state index in [-0.39, 0.29) is 11.3 Å². The number of nitrogens with zero attached hydrogens (tertiary/aromatic N) is 2. The molecule has 1 saturated heterocycles. The van der Waals surface area contributed by atoms with Crippen LogP contribution in [0.5, 0.6) is 0 Å². The van der Waals surface area contributed by atoms with Gasteiger partial charge in [0.15, 0.2) is 0 Å². The van der Waals surface area contributed by atoms with Gasteiger partial charge < -0.3 is 15.5 Å². The molecule has 2 aromatic rings. The van der Waals surface area contributed by atoms with Crippen molar-refractivity contribution in [3.8, 4) is 0 Å². The third-order valence-electron chi connectivity index (χ3n) is 7.25. The Bertz CT molecular complexity index is 866. The van der Waals surface area contributed by atoms with Crippen LogP contribution in [0.3, 0.4) is 0 Å². The van der Waals surface area contributed by atoms with Crippen molar-refractivity contribution in [1.29, 1.82) is 0 Å². The van der Waals surface area contributed by atoms with Gasteiger partial charge in [-0.2, -0.15) is 0 Å². The number of hydrogen-bond donors (Lipinski definition) is 1. The van der Waals surface area contributed by atoms with Gasteiger partial charge in [-0.3, -0.25) is 4.79 Å². The van der Waals surface area contributed by atoms with Gasteiger partial charge in [0.1, 0.15) is 0 Å². The summed E-state index contributed by atoms with van der Waals surface area (Å²) in [6, 6.07) is 17.5. The first-order valence-corrected chi connectivity index (χ1v) is 11.2. The number of benzene rings is 2. The van der Waals surface area contributed by atoms with E-state index in [0.29, 0.717) is 17.6 Å². The molecule has 3 atom stereocenters. The molecular weight excluding hydrogens is 370 g/mol. The van der Waals surface area contributed by atoms with Gasteiger partial charge in [0.05, 0.1) is 0 Å². The maximum absolute atomic E-state index is 11.9. The van der Waals surface area contributed by atoms with Crippen molar-refractivity contribution in [3.63, 3.8) is 0 Å². The van der Waals surface area contributed by atoms with Gasteiger partial charge in [0, 0.05) is 29.6 Å². The molecule has 4 nitrogen and oxygen atoms in total. The number of piperidine rings is 1. The minimum atomic E-state index is -0.350. The lowest BCUT2D eigenvalue weighted by Crippen LogP contribution is -2.62. The van der Waals surface area contributed by atoms with Crippen LogP contribution in [0.15, 0.2) is 48.5 Å². The molecule has 1 heterocycles. The molecule has 30 heavy (non-hydrogen) atoms. The Kier molecular flexibility index (Phi) is 6.99. The molecule has 162 valence electrons. The molecule has 2 N–H and O–H groups in total. The fourth-order valence-electron chi connectivity index (χ4n) is 5.34. The van der Waals surface area contributed by atoms with E-state index < -0.39 is 0 Å². The fraction of sp³-hybridized carbons (Fsp3) is 0.500. The molecule has 1 aliphatic heterocycles. The Morgan fingerprint density at radius 2 is 1.93 bits per heavy atom. The van der Waals surface area contributed by atoms with E-state index in [2.05, 4.69) is 87.1 Å². The summed E-state index contributed by atoms with van der Waals surface area (Å²) in [4.78, 5) is 16.9. The molecule has 0 saturated carbocycles. The van der Waals surface area contributed by atoms with E-state index in [1.807, 2.05) is 6.07 Å². The van der Waals surface area contributed by atoms with Crippen molar-refractivity contribution >= 4 is 5.91 Å². The number of amides is 1. The van der Waals surface area contributed by atoms with Crippen LogP contribution >= 0.6 is 0 Å². The molecule has 0 radical (unpaired) electrons. The molecule has 0 spiro atoms. The highest BCUT2D eigenvalue weighted by molar-refractivity contribution is 5.93. The highest BCUT2D eigenvalue weighted by Gasteiger charge is 2.46. The van der Waals surface area contributed by atoms with Crippen molar-refractivity contribution in [2.45, 2.75) is 57.5 Å². The van der Waals surface area contributed by atoms with Crippen LogP contribution in [0.25, 0.3) is 0 Å². The molecule has 4 heteroatoms. The number of primary amides is 1. The number of carbonyl (C=O) groups is 1. The largest absolute Gasteiger partial charge is 0.366 e. The standard InChI is InChI=1S/C26H37N3O/c1-6-21-12-13-22(25(27)30)18-23(21)26(3)15-17-28(4)19(2)24(26)29(5)16-14-20-10-8-7-9-11-20/h7-13,18-19,24H,6,14-17H2,1-5H3,(H2,27,30)/t19?,24-,26+/m0/s1. The van der Waals surface area contributed by atoms with Crippen molar-refractivity contribution in [2.24, 2.45) is 5.73 Å². The van der Waals surface area contributed by atoms with Crippen molar-refractivity contribution in [1.82, 2.24) is 9.80 Å². The van der Waals surface area contributed by atoms with Gasteiger partial charge >= 0.3 is 0 Å². The van der Waals surface area contributed by atoms with Crippen molar-refractivity contribution in [3.05, 3.63) is 70.8 Å². The highest BCUT2D eigenvalue weighted by Crippen LogP contribution is 2.42. The first-order chi connectivity index (χ1) is 14.3. The summed E-state index contributed by atoms with van der Waals surface area (Å²) in [6.45, 7) is 8.97. The monoisotopic (exact) mass is 407 g/mol. The van der Waals surface area contributed by atoms with Crippen LogP contribution in [-0.4, -0.2) is 55.0 Å². The lowest BCUT2D eigenvalue weighted by atomic mass is 9.66. The Morgan fingerprint density at radius 3 is 2.57 bits per heavy atom. The zero-order valence-corrected chi connectivity index (χ0v) is 19.2. The average molecular weight is 408 g/mol. The molecule has 0 bridgehead atoms. The Balaban J connectivity index is 1.97. The molecule has 0 aliphatic carbocycles. The molecule has 1 fully saturated rings. The first kappa shape index (κ1) is 22.5. The zero-order valence-electron chi connectivity index (χ0n) is 19.2. The van der Waals surface area contributed by atoms with Gasteiger partial charge in [0.25, 0.3) is 0 Å². The third kappa shape index (κ3) is 4.45. The molecular formula is C26H37N3O. The predicted molar refractivity (Wildman–Crippen MR) is 125 cm³/mol. The van der Waals surface area contributed by atoms with E-state index in [1.165, 1.54) is 16.7 Å². The molecule has 1 unspecified atom stereocenters. The lowest BCUT2D eigenvalue weighted by molar-refractivity contribution is 0.0207. The highest BCUT2D eigenvalue weighted by atomic mass is 16.1. The normalized spacial score (nSPS) is 24.9. The molecule has 1 aliphatic rings. The minimum absolute atomic E-state index is 0.0475. The van der Waals surface area contributed by atoms with Crippen molar-refractivity contribution < 1.29 is 4.79 Å². The summed E-state index contributed by atoms with van der Waals surface area (Å²) in [5.41, 5.74) is 10.2. The Morgan fingerprint density at radius 1 is 1.23 bits per heavy atom. The average Bonchev–Trinajstić information content (AvgIpc) is 2.75. The maximum atomic E-state index is 11.9. The molecule has 3 rings (SSSR count). The number of hydrogen-bond acceptors (Lipinski definition) is 3. The lowest BCUT2D eigenvalue weighted by Gasteiger charge is -2.53. The van der Waals surface area contributed by atoms with Crippen LogP contribution < -0.4 is 5.73 Å². The van der Waals surface area contributed by atoms with Gasteiger partial charge in [-0.05, 0) is 75.6 Å². The smallest absolute Gasteiger partial charge is 0.248 e. The SMILES string of the molecule is CCc1ccc(C(N)=O)cc1[C@@]1(C)CCN(C)C(C)[C@@H]1N(C)CCc1ccccc1. The van der Waals surface area contributed by atoms with Crippen LogP contribution in [-0.2, 0) is 18.3 Å². The number of nitrogens with two attached hydrogens (primary N) is 1. The predicted octanol–water partition coefficient (Wildman–Crippen LogP) is 3.87. The summed E-state index contributed by atoms with van der Waals surface area (Å²) in [6.07, 6.45) is 3.04. The van der Waals surface area contributed by atoms with Gasteiger partial charge in [0.2, 0.25) is 5.91 Å². The second-order valence-electron chi connectivity index (χ2n) is 9.14. The van der Waals surface area contributed by atoms with Crippen LogP contribution in [0.2, 0.25) is 0 Å². The van der Waals surface area contributed by atoms with Gasteiger partial charge in [-0.15, -0.1) is 0 Å². The summed E-state index contributed by atoms with van der Waals surface area (Å²) >= 11 is 0. The van der Waals surface area contributed by atoms with E-state index in [9.17, 15) is 4.79 Å². The Labute approximate surface area is 182 Å². The van der Waals surface area contributed by atoms with Crippen LogP contribution in [0, 0.1) is 0 Å². The topological polar surface area (TPSA) is 49.6 Å². The van der Waals surface area contributed by atoms with Crippen LogP contribution in [0.1, 0.15) is 54.2 Å². The second-order valence-corrected chi connectivity index (χ2v) is 9.14. The second kappa shape index (κ2) is 9.32. The summed E-state index contributed by atoms with van der Waals surface area (Å²) in [5.74, 6) is -0.350. The molecule has 2 aromatic carbocycles. The number of carbonyl (C=O) groups excluding carboxylic acids is 1. The number of likely N-dealkylation sites (tertiary alicyclic amines) is 1. The number of likely N-dealkylation sites (N-methyl/N-ethyl adjacent to an activating group) is 2. The van der Waals surface area contributed by atoms with E-state index >= 15 is 0 Å². The third-order valence-corrected chi connectivity index (χ3v) is 7.25. The maximum Gasteiger partial charge on any atom is 0.248 e. The first-order valence-electron chi connectivity index (χ1n) is 11.2.